The minimum atomic E-state index is -0.126. The first-order chi connectivity index (χ1) is 9.28. The molecule has 2 atom stereocenters. The molecule has 1 aliphatic rings. The van der Waals surface area contributed by atoms with Gasteiger partial charge in [-0.2, -0.15) is 0 Å². The Hall–Kier alpha value is -2.18. The fourth-order valence-electron chi connectivity index (χ4n) is 2.56. The second kappa shape index (κ2) is 4.83. The molecule has 2 aromatic heterocycles. The maximum atomic E-state index is 11.5. The number of ether oxygens (including phenoxy) is 1. The zero-order chi connectivity index (χ0) is 13.2. The number of aromatic nitrogens is 4. The number of fused-ring (bicyclic) bond motifs is 1. The van der Waals surface area contributed by atoms with Gasteiger partial charge in [0.1, 0.15) is 11.8 Å². The van der Waals surface area contributed by atoms with Gasteiger partial charge in [-0.1, -0.05) is 0 Å². The third kappa shape index (κ3) is 2.23. The number of H-pyrrole nitrogens is 1. The van der Waals surface area contributed by atoms with E-state index < -0.39 is 0 Å². The molecule has 100 valence electrons. The highest BCUT2D eigenvalue weighted by molar-refractivity contribution is 5.82. The first-order valence-electron chi connectivity index (χ1n) is 6.26. The van der Waals surface area contributed by atoms with Crippen molar-refractivity contribution in [2.75, 3.05) is 12.4 Å². The van der Waals surface area contributed by atoms with Crippen molar-refractivity contribution in [3.8, 4) is 0 Å². The summed E-state index contributed by atoms with van der Waals surface area (Å²) in [6.45, 7) is 0. The molecule has 0 bridgehead atoms. The van der Waals surface area contributed by atoms with Crippen LogP contribution in [0.15, 0.2) is 12.7 Å². The summed E-state index contributed by atoms with van der Waals surface area (Å²) in [6.07, 6.45) is 5.63. The molecule has 0 aliphatic heterocycles. The third-order valence-corrected chi connectivity index (χ3v) is 3.53. The van der Waals surface area contributed by atoms with Gasteiger partial charge in [-0.3, -0.25) is 4.79 Å². The molecule has 1 aliphatic carbocycles. The lowest BCUT2D eigenvalue weighted by Gasteiger charge is -2.13. The van der Waals surface area contributed by atoms with Crippen molar-refractivity contribution in [3.63, 3.8) is 0 Å². The monoisotopic (exact) mass is 261 g/mol. The van der Waals surface area contributed by atoms with Gasteiger partial charge in [0.05, 0.1) is 19.4 Å². The van der Waals surface area contributed by atoms with Crippen LogP contribution in [0.4, 0.5) is 5.82 Å². The van der Waals surface area contributed by atoms with Gasteiger partial charge >= 0.3 is 5.97 Å². The van der Waals surface area contributed by atoms with Crippen molar-refractivity contribution in [1.29, 1.82) is 0 Å². The van der Waals surface area contributed by atoms with Crippen LogP contribution in [0.5, 0.6) is 0 Å². The Morgan fingerprint density at radius 1 is 1.42 bits per heavy atom. The standard InChI is InChI=1S/C12H15N5O2/c1-19-12(18)7-2-3-8(4-7)17-11-9-10(14-5-13-9)15-6-16-11/h5-8H,2-4H2,1H3,(H2,13,14,15,16,17)/t7-,8+/m0/s1. The number of nitrogens with one attached hydrogen (secondary N) is 2. The van der Waals surface area contributed by atoms with Crippen molar-refractivity contribution >= 4 is 23.0 Å². The molecule has 2 N–H and O–H groups in total. The van der Waals surface area contributed by atoms with Gasteiger partial charge in [0.25, 0.3) is 0 Å². The summed E-state index contributed by atoms with van der Waals surface area (Å²) >= 11 is 0. The Bertz CT molecular complexity index is 597. The van der Waals surface area contributed by atoms with Crippen LogP contribution in [0, 0.1) is 5.92 Å². The number of carbonyl (C=O) groups excluding carboxylic acids is 1. The zero-order valence-corrected chi connectivity index (χ0v) is 10.6. The first-order valence-corrected chi connectivity index (χ1v) is 6.26. The predicted octanol–water partition coefficient (Wildman–Crippen LogP) is 1.11. The third-order valence-electron chi connectivity index (χ3n) is 3.53. The molecule has 0 spiro atoms. The number of imidazole rings is 1. The smallest absolute Gasteiger partial charge is 0.308 e. The molecule has 19 heavy (non-hydrogen) atoms. The number of nitrogens with zero attached hydrogens (tertiary/aromatic N) is 3. The van der Waals surface area contributed by atoms with Crippen LogP contribution >= 0.6 is 0 Å². The SMILES string of the molecule is COC(=O)[C@H]1CC[C@@H](Nc2ncnc3nc[nH]c23)C1. The second-order valence-electron chi connectivity index (χ2n) is 4.70. The largest absolute Gasteiger partial charge is 0.469 e. The van der Waals surface area contributed by atoms with E-state index >= 15 is 0 Å². The van der Waals surface area contributed by atoms with Crippen LogP contribution < -0.4 is 5.32 Å². The Kier molecular flexibility index (Phi) is 3.02. The molecule has 2 aromatic rings. The summed E-state index contributed by atoms with van der Waals surface area (Å²) in [5, 5.41) is 3.35. The lowest BCUT2D eigenvalue weighted by Crippen LogP contribution is -2.19. The number of rotatable bonds is 3. The topological polar surface area (TPSA) is 92.8 Å². The molecule has 7 nitrogen and oxygen atoms in total. The average molecular weight is 261 g/mol. The molecule has 2 heterocycles. The Balaban J connectivity index is 1.73. The van der Waals surface area contributed by atoms with E-state index in [4.69, 9.17) is 4.74 Å². The van der Waals surface area contributed by atoms with E-state index in [1.807, 2.05) is 0 Å². The van der Waals surface area contributed by atoms with Crippen LogP contribution in [0.25, 0.3) is 11.2 Å². The minimum absolute atomic E-state index is 0.0124. The van der Waals surface area contributed by atoms with Crippen LogP contribution in [0.2, 0.25) is 0 Å². The number of hydrogen-bond donors (Lipinski definition) is 2. The van der Waals surface area contributed by atoms with Gasteiger partial charge < -0.3 is 15.0 Å². The molecule has 7 heteroatoms. The van der Waals surface area contributed by atoms with Crippen LogP contribution in [-0.2, 0) is 9.53 Å². The normalized spacial score (nSPS) is 22.6. The van der Waals surface area contributed by atoms with Crippen molar-refractivity contribution in [1.82, 2.24) is 19.9 Å². The minimum Gasteiger partial charge on any atom is -0.469 e. The molecule has 1 fully saturated rings. The molecule has 0 radical (unpaired) electrons. The van der Waals surface area contributed by atoms with Gasteiger partial charge in [-0.05, 0) is 19.3 Å². The summed E-state index contributed by atoms with van der Waals surface area (Å²) < 4.78 is 4.78. The fraction of sp³-hybridized carbons (Fsp3) is 0.500. The molecule has 0 saturated heterocycles. The highest BCUT2D eigenvalue weighted by atomic mass is 16.5. The van der Waals surface area contributed by atoms with E-state index in [-0.39, 0.29) is 17.9 Å². The number of esters is 1. The molecule has 0 unspecified atom stereocenters. The summed E-state index contributed by atoms with van der Waals surface area (Å²) in [5.41, 5.74) is 1.43. The molecule has 0 aromatic carbocycles. The van der Waals surface area contributed by atoms with E-state index in [1.165, 1.54) is 13.4 Å². The molecule has 3 rings (SSSR count). The van der Waals surface area contributed by atoms with Crippen LogP contribution in [-0.4, -0.2) is 39.1 Å². The van der Waals surface area contributed by atoms with E-state index in [9.17, 15) is 4.79 Å². The number of hydrogen-bond acceptors (Lipinski definition) is 6. The summed E-state index contributed by atoms with van der Waals surface area (Å²) in [5.74, 6) is 0.596. The number of anilines is 1. The van der Waals surface area contributed by atoms with Gasteiger partial charge in [-0.25, -0.2) is 15.0 Å². The number of methoxy groups -OCH3 is 1. The quantitative estimate of drug-likeness (QED) is 0.804. The van der Waals surface area contributed by atoms with E-state index in [2.05, 4.69) is 25.3 Å². The maximum absolute atomic E-state index is 11.5. The van der Waals surface area contributed by atoms with Gasteiger partial charge in [-0.15, -0.1) is 0 Å². The Labute approximate surface area is 109 Å². The number of carbonyl (C=O) groups is 1. The highest BCUT2D eigenvalue weighted by Gasteiger charge is 2.31. The summed E-state index contributed by atoms with van der Waals surface area (Å²) in [7, 11) is 1.43. The van der Waals surface area contributed by atoms with Gasteiger partial charge in [0.2, 0.25) is 0 Å². The summed E-state index contributed by atoms with van der Waals surface area (Å²) in [6, 6.07) is 0.227. The average Bonchev–Trinajstić information content (AvgIpc) is 3.07. The lowest BCUT2D eigenvalue weighted by molar-refractivity contribution is -0.145. The van der Waals surface area contributed by atoms with Crippen molar-refractivity contribution < 1.29 is 9.53 Å². The van der Waals surface area contributed by atoms with Crippen LogP contribution in [0.1, 0.15) is 19.3 Å². The highest BCUT2D eigenvalue weighted by Crippen LogP contribution is 2.29. The van der Waals surface area contributed by atoms with Crippen molar-refractivity contribution in [2.24, 2.45) is 5.92 Å². The van der Waals surface area contributed by atoms with Crippen LogP contribution in [0.3, 0.4) is 0 Å². The van der Waals surface area contributed by atoms with Gasteiger partial charge in [0.15, 0.2) is 11.5 Å². The van der Waals surface area contributed by atoms with E-state index in [1.54, 1.807) is 6.33 Å². The van der Waals surface area contributed by atoms with Gasteiger partial charge in [0, 0.05) is 6.04 Å². The Morgan fingerprint density at radius 3 is 3.16 bits per heavy atom. The van der Waals surface area contributed by atoms with E-state index in [0.29, 0.717) is 5.65 Å². The predicted molar refractivity (Wildman–Crippen MR) is 68.5 cm³/mol. The fourth-order valence-corrected chi connectivity index (χ4v) is 2.56. The second-order valence-corrected chi connectivity index (χ2v) is 4.70. The Morgan fingerprint density at radius 2 is 2.32 bits per heavy atom. The lowest BCUT2D eigenvalue weighted by atomic mass is 10.1. The van der Waals surface area contributed by atoms with Crippen molar-refractivity contribution in [3.05, 3.63) is 12.7 Å². The maximum Gasteiger partial charge on any atom is 0.308 e. The van der Waals surface area contributed by atoms with Crippen molar-refractivity contribution in [2.45, 2.75) is 25.3 Å². The number of aromatic amines is 1. The molecule has 0 amide bonds. The zero-order valence-electron chi connectivity index (χ0n) is 10.6. The molecular weight excluding hydrogens is 246 g/mol. The summed E-state index contributed by atoms with van der Waals surface area (Å²) in [4.78, 5) is 26.9. The van der Waals surface area contributed by atoms with E-state index in [0.717, 1.165) is 30.6 Å². The first kappa shape index (κ1) is 11.9. The molecule has 1 saturated carbocycles. The molecular formula is C12H15N5O2.